The lowest BCUT2D eigenvalue weighted by Crippen LogP contribution is -2.40. The summed E-state index contributed by atoms with van der Waals surface area (Å²) >= 11 is 1.54. The molecule has 5 rings (SSSR count). The minimum absolute atomic E-state index is 0.338. The second-order valence-corrected chi connectivity index (χ2v) is 12.2. The summed E-state index contributed by atoms with van der Waals surface area (Å²) in [7, 11) is 0. The maximum Gasteiger partial charge on any atom is 0.224 e. The molecular weight excluding hydrogens is 504 g/mol. The van der Waals surface area contributed by atoms with Gasteiger partial charge in [0.2, 0.25) is 5.95 Å². The maximum absolute atomic E-state index is 10.9. The fourth-order valence-corrected chi connectivity index (χ4v) is 6.72. The Hall–Kier alpha value is -2.44. The number of thiazole rings is 1. The number of aliphatic hydroxyl groups excluding tert-OH is 2. The molecule has 2 aliphatic carbocycles. The average Bonchev–Trinajstić information content (AvgIpc) is 3.37. The monoisotopic (exact) mass is 542 g/mol. The van der Waals surface area contributed by atoms with Crippen LogP contribution in [0.4, 0.5) is 11.8 Å². The number of pyridine rings is 1. The van der Waals surface area contributed by atoms with Gasteiger partial charge in [-0.3, -0.25) is 4.98 Å². The number of nitrogens with one attached hydrogen (secondary N) is 2. The number of hydrogen-bond acceptors (Lipinski definition) is 11. The lowest BCUT2D eigenvalue weighted by atomic mass is 9.82. The molecule has 0 spiro atoms. The van der Waals surface area contributed by atoms with Crippen molar-refractivity contribution in [3.63, 3.8) is 0 Å². The number of fused-ring (bicyclic) bond motifs is 1. The quantitative estimate of drug-likeness (QED) is 0.273. The highest BCUT2D eigenvalue weighted by Crippen LogP contribution is 2.40. The molecule has 3 aromatic rings. The first-order chi connectivity index (χ1) is 18.0. The van der Waals surface area contributed by atoms with E-state index in [-0.39, 0.29) is 0 Å². The van der Waals surface area contributed by atoms with Crippen LogP contribution in [0.2, 0.25) is 0 Å². The Morgan fingerprint density at radius 2 is 1.84 bits per heavy atom. The lowest BCUT2D eigenvalue weighted by Gasteiger charge is -2.35. The standard InChI is InChI=1S/C27H38N6O4S/c1-6-37-16-9-15(10-16)12-29-26-30-13(2)20(25-32-21-14(3)28-8-7-19(21)38-25)24(33-26)31-18-11-17(27(4,5)36)22(34)23(18)35/h7-8,15-18,22-23,34-36H,6,9-12H2,1-5H3,(H2,29,30,31,33)/t15-,16+,17-,18+,22+,23-/m0/s1. The van der Waals surface area contributed by atoms with Crippen LogP contribution >= 0.6 is 11.3 Å². The Kier molecular flexibility index (Phi) is 7.58. The molecule has 4 atom stereocenters. The predicted octanol–water partition coefficient (Wildman–Crippen LogP) is 3.29. The van der Waals surface area contributed by atoms with Crippen LogP contribution in [0.15, 0.2) is 12.3 Å². The number of nitrogens with zero attached hydrogens (tertiary/aromatic N) is 4. The van der Waals surface area contributed by atoms with Gasteiger partial charge >= 0.3 is 0 Å². The number of aliphatic hydroxyl groups is 3. The third-order valence-corrected chi connectivity index (χ3v) is 8.89. The molecule has 3 aromatic heterocycles. The molecule has 0 amide bonds. The van der Waals surface area contributed by atoms with Crippen LogP contribution in [0.25, 0.3) is 20.8 Å². The number of rotatable bonds is 9. The molecule has 0 aromatic carbocycles. The van der Waals surface area contributed by atoms with Crippen LogP contribution < -0.4 is 10.6 Å². The van der Waals surface area contributed by atoms with Gasteiger partial charge in [0, 0.05) is 25.3 Å². The Morgan fingerprint density at radius 1 is 1.08 bits per heavy atom. The molecule has 3 heterocycles. The third kappa shape index (κ3) is 5.35. The van der Waals surface area contributed by atoms with Crippen molar-refractivity contribution in [2.75, 3.05) is 23.8 Å². The van der Waals surface area contributed by atoms with E-state index in [2.05, 4.69) is 15.6 Å². The zero-order valence-electron chi connectivity index (χ0n) is 22.6. The van der Waals surface area contributed by atoms with E-state index in [1.165, 1.54) is 0 Å². The Balaban J connectivity index is 1.45. The van der Waals surface area contributed by atoms with E-state index in [4.69, 9.17) is 19.7 Å². The normalized spacial score (nSPS) is 27.5. The van der Waals surface area contributed by atoms with Crippen molar-refractivity contribution in [1.82, 2.24) is 19.9 Å². The van der Waals surface area contributed by atoms with Crippen LogP contribution in [-0.2, 0) is 4.74 Å². The van der Waals surface area contributed by atoms with Crippen LogP contribution in [0.5, 0.6) is 0 Å². The third-order valence-electron chi connectivity index (χ3n) is 7.85. The summed E-state index contributed by atoms with van der Waals surface area (Å²) in [4.78, 5) is 18.8. The molecule has 0 bridgehead atoms. The molecule has 0 radical (unpaired) electrons. The van der Waals surface area contributed by atoms with E-state index in [0.29, 0.717) is 30.2 Å². The summed E-state index contributed by atoms with van der Waals surface area (Å²) in [6.07, 6.45) is 2.44. The molecule has 0 aliphatic heterocycles. The molecule has 2 aliphatic rings. The van der Waals surface area contributed by atoms with E-state index in [9.17, 15) is 15.3 Å². The minimum atomic E-state index is -1.13. The number of hydrogen-bond donors (Lipinski definition) is 5. The highest BCUT2D eigenvalue weighted by Gasteiger charge is 2.48. The molecule has 10 nitrogen and oxygen atoms in total. The minimum Gasteiger partial charge on any atom is -0.390 e. The first-order valence-corrected chi connectivity index (χ1v) is 14.2. The average molecular weight is 543 g/mol. The highest BCUT2D eigenvalue weighted by molar-refractivity contribution is 7.21. The van der Waals surface area contributed by atoms with Crippen LogP contribution in [0.3, 0.4) is 0 Å². The molecule has 5 N–H and O–H groups in total. The fraction of sp³-hybridized carbons (Fsp3) is 0.630. The zero-order chi connectivity index (χ0) is 27.2. The summed E-state index contributed by atoms with van der Waals surface area (Å²) in [5.74, 6) is 1.07. The van der Waals surface area contributed by atoms with Gasteiger partial charge in [-0.05, 0) is 65.9 Å². The van der Waals surface area contributed by atoms with Crippen molar-refractivity contribution in [3.05, 3.63) is 23.7 Å². The molecule has 2 fully saturated rings. The highest BCUT2D eigenvalue weighted by atomic mass is 32.1. The van der Waals surface area contributed by atoms with Crippen LogP contribution in [-0.4, -0.2) is 78.4 Å². The fourth-order valence-electron chi connectivity index (χ4n) is 5.60. The largest absolute Gasteiger partial charge is 0.390 e. The van der Waals surface area contributed by atoms with Gasteiger partial charge in [0.1, 0.15) is 22.4 Å². The second-order valence-electron chi connectivity index (χ2n) is 11.1. The van der Waals surface area contributed by atoms with Gasteiger partial charge in [0.25, 0.3) is 0 Å². The molecule has 2 saturated carbocycles. The maximum atomic E-state index is 10.9. The number of ether oxygens (including phenoxy) is 1. The number of anilines is 2. The first kappa shape index (κ1) is 27.1. The van der Waals surface area contributed by atoms with Gasteiger partial charge in [-0.25, -0.2) is 9.97 Å². The van der Waals surface area contributed by atoms with Gasteiger partial charge in [-0.1, -0.05) is 0 Å². The topological polar surface area (TPSA) is 146 Å². The molecule has 0 saturated heterocycles. The van der Waals surface area contributed by atoms with Gasteiger partial charge < -0.3 is 30.7 Å². The molecule has 38 heavy (non-hydrogen) atoms. The summed E-state index contributed by atoms with van der Waals surface area (Å²) in [6.45, 7) is 10.7. The van der Waals surface area contributed by atoms with Gasteiger partial charge in [-0.2, -0.15) is 4.98 Å². The van der Waals surface area contributed by atoms with E-state index >= 15 is 0 Å². The van der Waals surface area contributed by atoms with Crippen molar-refractivity contribution in [2.45, 2.75) is 83.8 Å². The van der Waals surface area contributed by atoms with E-state index in [1.807, 2.05) is 26.8 Å². The van der Waals surface area contributed by atoms with Crippen molar-refractivity contribution in [2.24, 2.45) is 11.8 Å². The number of aryl methyl sites for hydroxylation is 2. The van der Waals surface area contributed by atoms with E-state index < -0.39 is 29.8 Å². The lowest BCUT2D eigenvalue weighted by molar-refractivity contribution is -0.0601. The van der Waals surface area contributed by atoms with Crippen molar-refractivity contribution in [1.29, 1.82) is 0 Å². The second kappa shape index (κ2) is 10.6. The molecule has 206 valence electrons. The summed E-state index contributed by atoms with van der Waals surface area (Å²) in [5, 5.41) is 39.6. The van der Waals surface area contributed by atoms with Crippen LogP contribution in [0.1, 0.15) is 51.4 Å². The summed E-state index contributed by atoms with van der Waals surface area (Å²) < 4.78 is 6.70. The van der Waals surface area contributed by atoms with Crippen molar-refractivity contribution >= 4 is 33.3 Å². The summed E-state index contributed by atoms with van der Waals surface area (Å²) in [5.41, 5.74) is 2.07. The predicted molar refractivity (Wildman–Crippen MR) is 148 cm³/mol. The molecule has 11 heteroatoms. The van der Waals surface area contributed by atoms with Crippen molar-refractivity contribution < 1.29 is 20.1 Å². The van der Waals surface area contributed by atoms with Crippen LogP contribution in [0, 0.1) is 25.7 Å². The van der Waals surface area contributed by atoms with Crippen molar-refractivity contribution in [3.8, 4) is 10.6 Å². The zero-order valence-corrected chi connectivity index (χ0v) is 23.4. The van der Waals surface area contributed by atoms with E-state index in [1.54, 1.807) is 31.4 Å². The number of aromatic nitrogens is 4. The SMILES string of the molecule is CCO[C@H]1C[C@@H](CNc2nc(C)c(-c3nc4c(C)nccc4s3)c(N[C@@H]3C[C@H](C(C)(C)O)[C@@H](O)[C@H]3O)n2)C1. The Bertz CT molecular complexity index is 1290. The molecule has 0 unspecified atom stereocenters. The van der Waals surface area contributed by atoms with Gasteiger partial charge in [-0.15, -0.1) is 11.3 Å². The smallest absolute Gasteiger partial charge is 0.224 e. The molecular formula is C27H38N6O4S. The van der Waals surface area contributed by atoms with Gasteiger partial charge in [0.15, 0.2) is 0 Å². The first-order valence-electron chi connectivity index (χ1n) is 13.4. The Labute approximate surface area is 226 Å². The summed E-state index contributed by atoms with van der Waals surface area (Å²) in [6, 6.07) is 1.45. The Morgan fingerprint density at radius 3 is 2.50 bits per heavy atom. The van der Waals surface area contributed by atoms with Gasteiger partial charge in [0.05, 0.1) is 45.5 Å². The van der Waals surface area contributed by atoms with E-state index in [0.717, 1.165) is 58.2 Å².